The Balaban J connectivity index is 1.60. The molecule has 0 saturated heterocycles. The summed E-state index contributed by atoms with van der Waals surface area (Å²) in [6, 6.07) is 15.6. The van der Waals surface area contributed by atoms with Gasteiger partial charge in [-0.15, -0.1) is 11.3 Å². The Morgan fingerprint density at radius 1 is 1.11 bits per heavy atom. The molecule has 0 spiro atoms. The van der Waals surface area contributed by atoms with Crippen molar-refractivity contribution in [1.82, 2.24) is 5.32 Å². The molecule has 1 N–H and O–H groups in total. The van der Waals surface area contributed by atoms with Crippen LogP contribution in [0, 0.1) is 13.8 Å². The van der Waals surface area contributed by atoms with Crippen molar-refractivity contribution in [3.05, 3.63) is 81.0 Å². The number of hydrogen-bond donors (Lipinski definition) is 1. The van der Waals surface area contributed by atoms with Crippen molar-refractivity contribution in [2.45, 2.75) is 33.4 Å². The van der Waals surface area contributed by atoms with Crippen LogP contribution in [0.2, 0.25) is 0 Å². The number of amides is 1. The monoisotopic (exact) mass is 395 g/mol. The van der Waals surface area contributed by atoms with Gasteiger partial charge in [0, 0.05) is 11.6 Å². The number of rotatable bonds is 7. The second kappa shape index (κ2) is 8.93. The summed E-state index contributed by atoms with van der Waals surface area (Å²) in [6.45, 7) is 6.56. The number of thiophene rings is 1. The van der Waals surface area contributed by atoms with Gasteiger partial charge in [0.15, 0.2) is 0 Å². The van der Waals surface area contributed by atoms with Gasteiger partial charge >= 0.3 is 0 Å². The molecule has 3 rings (SSSR count). The van der Waals surface area contributed by atoms with Crippen LogP contribution in [0.25, 0.3) is 0 Å². The lowest BCUT2D eigenvalue weighted by atomic mass is 10.0. The molecule has 0 aliphatic rings. The molecule has 0 radical (unpaired) electrons. The third-order valence-corrected chi connectivity index (χ3v) is 5.54. The van der Waals surface area contributed by atoms with Gasteiger partial charge in [-0.2, -0.15) is 0 Å². The Bertz CT molecular complexity index is 964. The largest absolute Gasteiger partial charge is 0.497 e. The Labute approximate surface area is 170 Å². The van der Waals surface area contributed by atoms with E-state index in [1.165, 1.54) is 22.5 Å². The fourth-order valence-corrected chi connectivity index (χ4v) is 3.88. The van der Waals surface area contributed by atoms with E-state index in [0.29, 0.717) is 11.5 Å². The zero-order chi connectivity index (χ0) is 20.1. The fourth-order valence-electron chi connectivity index (χ4n) is 3.08. The van der Waals surface area contributed by atoms with Crippen molar-refractivity contribution in [2.75, 3.05) is 7.11 Å². The second-order valence-corrected chi connectivity index (χ2v) is 7.75. The smallest absolute Gasteiger partial charge is 0.261 e. The molecular formula is C23H25NO3S. The van der Waals surface area contributed by atoms with Gasteiger partial charge in [-0.25, -0.2) is 0 Å². The van der Waals surface area contributed by atoms with Crippen LogP contribution in [0.4, 0.5) is 0 Å². The van der Waals surface area contributed by atoms with Crippen molar-refractivity contribution in [3.63, 3.8) is 0 Å². The van der Waals surface area contributed by atoms with E-state index in [9.17, 15) is 4.79 Å². The molecular weight excluding hydrogens is 370 g/mol. The topological polar surface area (TPSA) is 47.6 Å². The van der Waals surface area contributed by atoms with E-state index in [1.807, 2.05) is 42.6 Å². The minimum Gasteiger partial charge on any atom is -0.497 e. The van der Waals surface area contributed by atoms with Crippen molar-refractivity contribution in [1.29, 1.82) is 0 Å². The maximum atomic E-state index is 12.6. The number of methoxy groups -OCH3 is 1. The van der Waals surface area contributed by atoms with Gasteiger partial charge in [0.1, 0.15) is 18.1 Å². The molecule has 0 bridgehead atoms. The highest BCUT2D eigenvalue weighted by atomic mass is 32.1. The number of hydrogen-bond acceptors (Lipinski definition) is 4. The quantitative estimate of drug-likeness (QED) is 0.579. The molecule has 5 heteroatoms. The van der Waals surface area contributed by atoms with E-state index in [-0.39, 0.29) is 11.9 Å². The fraction of sp³-hybridized carbons (Fsp3) is 0.261. The molecule has 3 aromatic rings. The molecule has 1 aromatic heterocycles. The Kier molecular flexibility index (Phi) is 6.37. The van der Waals surface area contributed by atoms with Crippen LogP contribution in [-0.2, 0) is 6.61 Å². The van der Waals surface area contributed by atoms with E-state index in [1.54, 1.807) is 7.11 Å². The number of nitrogens with one attached hydrogen (secondary N) is 1. The maximum Gasteiger partial charge on any atom is 0.261 e. The lowest BCUT2D eigenvalue weighted by Gasteiger charge is -2.16. The van der Waals surface area contributed by atoms with Crippen molar-refractivity contribution >= 4 is 17.2 Å². The zero-order valence-corrected chi connectivity index (χ0v) is 17.4. The maximum absolute atomic E-state index is 12.6. The summed E-state index contributed by atoms with van der Waals surface area (Å²) < 4.78 is 11.0. The van der Waals surface area contributed by atoms with E-state index < -0.39 is 0 Å². The summed E-state index contributed by atoms with van der Waals surface area (Å²) in [7, 11) is 1.63. The van der Waals surface area contributed by atoms with E-state index >= 15 is 0 Å². The Morgan fingerprint density at radius 2 is 1.89 bits per heavy atom. The molecule has 0 aliphatic heterocycles. The molecule has 1 heterocycles. The van der Waals surface area contributed by atoms with Gasteiger partial charge < -0.3 is 14.8 Å². The molecule has 0 fully saturated rings. The van der Waals surface area contributed by atoms with Crippen LogP contribution in [0.5, 0.6) is 11.5 Å². The molecule has 1 unspecified atom stereocenters. The van der Waals surface area contributed by atoms with Gasteiger partial charge in [-0.1, -0.05) is 29.8 Å². The average Bonchev–Trinajstić information content (AvgIpc) is 3.15. The summed E-state index contributed by atoms with van der Waals surface area (Å²) in [4.78, 5) is 13.3. The summed E-state index contributed by atoms with van der Waals surface area (Å²) in [5.74, 6) is 1.42. The van der Waals surface area contributed by atoms with E-state index in [0.717, 1.165) is 22.6 Å². The number of benzene rings is 2. The number of carbonyl (C=O) groups excluding carboxylic acids is 1. The van der Waals surface area contributed by atoms with Crippen LogP contribution < -0.4 is 14.8 Å². The lowest BCUT2D eigenvalue weighted by Crippen LogP contribution is -2.26. The molecule has 1 amide bonds. The van der Waals surface area contributed by atoms with E-state index in [2.05, 4.69) is 37.4 Å². The van der Waals surface area contributed by atoms with Crippen LogP contribution in [0.15, 0.2) is 53.9 Å². The molecule has 28 heavy (non-hydrogen) atoms. The molecule has 4 nitrogen and oxygen atoms in total. The van der Waals surface area contributed by atoms with Gasteiger partial charge in [0.05, 0.1) is 18.0 Å². The number of ether oxygens (including phenoxy) is 2. The van der Waals surface area contributed by atoms with Gasteiger partial charge in [-0.05, 0) is 55.5 Å². The first-order valence-corrected chi connectivity index (χ1v) is 10.1. The predicted octanol–water partition coefficient (Wildman–Crippen LogP) is 5.44. The summed E-state index contributed by atoms with van der Waals surface area (Å²) in [5.41, 5.74) is 4.51. The van der Waals surface area contributed by atoms with Gasteiger partial charge in [0.25, 0.3) is 5.91 Å². The molecule has 146 valence electrons. The van der Waals surface area contributed by atoms with Gasteiger partial charge in [0.2, 0.25) is 0 Å². The standard InChI is InChI=1S/C23H25NO3S/c1-15-8-9-21(16(2)10-15)17(3)24-23(25)22-11-18(14-28-22)13-27-20-7-5-6-19(12-20)26-4/h5-12,14,17H,13H2,1-4H3,(H,24,25). The Morgan fingerprint density at radius 3 is 2.64 bits per heavy atom. The number of carbonyl (C=O) groups is 1. The SMILES string of the molecule is COc1cccc(OCc2csc(C(=O)NC(C)c3ccc(C)cc3C)c2)c1. The summed E-state index contributed by atoms with van der Waals surface area (Å²) in [6.07, 6.45) is 0. The minimum atomic E-state index is -0.0647. The van der Waals surface area contributed by atoms with Crippen molar-refractivity contribution in [3.8, 4) is 11.5 Å². The number of aryl methyl sites for hydroxylation is 2. The summed E-state index contributed by atoms with van der Waals surface area (Å²) in [5, 5.41) is 5.04. The van der Waals surface area contributed by atoms with Crippen LogP contribution >= 0.6 is 11.3 Å². The van der Waals surface area contributed by atoms with Crippen LogP contribution in [0.1, 0.15) is 44.9 Å². The first-order valence-electron chi connectivity index (χ1n) is 9.18. The highest BCUT2D eigenvalue weighted by molar-refractivity contribution is 7.12. The first-order chi connectivity index (χ1) is 13.5. The normalized spacial score (nSPS) is 11.7. The molecule has 1 atom stereocenters. The average molecular weight is 396 g/mol. The molecule has 2 aromatic carbocycles. The second-order valence-electron chi connectivity index (χ2n) is 6.84. The Hall–Kier alpha value is -2.79. The van der Waals surface area contributed by atoms with Crippen molar-refractivity contribution in [2.24, 2.45) is 0 Å². The molecule has 0 saturated carbocycles. The summed E-state index contributed by atoms with van der Waals surface area (Å²) >= 11 is 1.43. The van der Waals surface area contributed by atoms with E-state index in [4.69, 9.17) is 9.47 Å². The highest BCUT2D eigenvalue weighted by Gasteiger charge is 2.15. The van der Waals surface area contributed by atoms with Gasteiger partial charge in [-0.3, -0.25) is 4.79 Å². The minimum absolute atomic E-state index is 0.0494. The lowest BCUT2D eigenvalue weighted by molar-refractivity contribution is 0.0944. The predicted molar refractivity (Wildman–Crippen MR) is 113 cm³/mol. The highest BCUT2D eigenvalue weighted by Crippen LogP contribution is 2.23. The third kappa shape index (κ3) is 4.93. The van der Waals surface area contributed by atoms with Crippen LogP contribution in [-0.4, -0.2) is 13.0 Å². The zero-order valence-electron chi connectivity index (χ0n) is 16.6. The van der Waals surface area contributed by atoms with Crippen LogP contribution in [0.3, 0.4) is 0 Å². The molecule has 0 aliphatic carbocycles. The first kappa shape index (κ1) is 20.0. The third-order valence-electron chi connectivity index (χ3n) is 4.56. The van der Waals surface area contributed by atoms with Crippen molar-refractivity contribution < 1.29 is 14.3 Å².